The number of carbonyl (C=O) groups excluding carboxylic acids is 1. The Bertz CT molecular complexity index is 447. The Kier molecular flexibility index (Phi) is 5.43. The molecule has 0 saturated heterocycles. The van der Waals surface area contributed by atoms with Gasteiger partial charge < -0.3 is 15.7 Å². The van der Waals surface area contributed by atoms with Crippen LogP contribution >= 0.6 is 11.3 Å². The van der Waals surface area contributed by atoms with Gasteiger partial charge >= 0.3 is 6.03 Å². The summed E-state index contributed by atoms with van der Waals surface area (Å²) in [7, 11) is 0. The first-order valence-corrected chi connectivity index (χ1v) is 8.16. The summed E-state index contributed by atoms with van der Waals surface area (Å²) in [6.45, 7) is 4.09. The molecule has 1 heterocycles. The van der Waals surface area contributed by atoms with Gasteiger partial charge in [-0.15, -0.1) is 11.3 Å². The predicted molar refractivity (Wildman–Crippen MR) is 82.2 cm³/mol. The number of hydrogen-bond donors (Lipinski definition) is 3. The van der Waals surface area contributed by atoms with E-state index >= 15 is 0 Å². The lowest BCUT2D eigenvalue weighted by molar-refractivity contribution is 0.0941. The smallest absolute Gasteiger partial charge is 0.315 e. The van der Waals surface area contributed by atoms with Crippen molar-refractivity contribution in [2.24, 2.45) is 0 Å². The lowest BCUT2D eigenvalue weighted by Crippen LogP contribution is -2.51. The van der Waals surface area contributed by atoms with Gasteiger partial charge in [-0.1, -0.05) is 12.8 Å². The van der Waals surface area contributed by atoms with E-state index in [0.29, 0.717) is 0 Å². The van der Waals surface area contributed by atoms with Crippen LogP contribution in [0.1, 0.15) is 42.4 Å². The van der Waals surface area contributed by atoms with Gasteiger partial charge in [-0.25, -0.2) is 4.79 Å². The third-order valence-electron chi connectivity index (χ3n) is 3.73. The fourth-order valence-corrected chi connectivity index (χ4v) is 3.68. The molecule has 4 nitrogen and oxygen atoms in total. The minimum atomic E-state index is -0.398. The van der Waals surface area contributed by atoms with Crippen LogP contribution in [0.15, 0.2) is 12.1 Å². The SMILES string of the molecule is Cc1ccc(CC(C)NC(=O)NC2CCCCC2O)s1. The first-order chi connectivity index (χ1) is 9.54. The number of aryl methyl sites for hydroxylation is 1. The van der Waals surface area contributed by atoms with Crippen LogP contribution in [0.5, 0.6) is 0 Å². The number of urea groups is 1. The molecule has 2 amide bonds. The molecule has 1 saturated carbocycles. The minimum Gasteiger partial charge on any atom is -0.391 e. The largest absolute Gasteiger partial charge is 0.391 e. The fraction of sp³-hybridized carbons (Fsp3) is 0.667. The maximum absolute atomic E-state index is 11.9. The third-order valence-corrected chi connectivity index (χ3v) is 4.75. The molecule has 1 aromatic heterocycles. The van der Waals surface area contributed by atoms with Crippen LogP contribution in [0.4, 0.5) is 4.79 Å². The molecule has 3 N–H and O–H groups in total. The van der Waals surface area contributed by atoms with Crippen LogP contribution in [0.2, 0.25) is 0 Å². The molecule has 1 aliphatic rings. The van der Waals surface area contributed by atoms with E-state index in [4.69, 9.17) is 0 Å². The summed E-state index contributed by atoms with van der Waals surface area (Å²) in [5.41, 5.74) is 0. The Morgan fingerprint density at radius 1 is 1.45 bits per heavy atom. The molecule has 20 heavy (non-hydrogen) atoms. The monoisotopic (exact) mass is 296 g/mol. The highest BCUT2D eigenvalue weighted by Crippen LogP contribution is 2.18. The molecule has 1 fully saturated rings. The van der Waals surface area contributed by atoms with Gasteiger partial charge in [-0.3, -0.25) is 0 Å². The summed E-state index contributed by atoms with van der Waals surface area (Å²) in [4.78, 5) is 14.5. The molecule has 3 unspecified atom stereocenters. The van der Waals surface area contributed by atoms with Gasteiger partial charge in [0.05, 0.1) is 12.1 Å². The maximum Gasteiger partial charge on any atom is 0.315 e. The molecule has 112 valence electrons. The predicted octanol–water partition coefficient (Wildman–Crippen LogP) is 2.59. The van der Waals surface area contributed by atoms with Gasteiger partial charge in [-0.2, -0.15) is 0 Å². The van der Waals surface area contributed by atoms with Crippen molar-refractivity contribution in [2.75, 3.05) is 0 Å². The minimum absolute atomic E-state index is 0.0915. The van der Waals surface area contributed by atoms with Gasteiger partial charge in [-0.05, 0) is 38.8 Å². The number of aliphatic hydroxyl groups is 1. The molecule has 0 aliphatic heterocycles. The highest BCUT2D eigenvalue weighted by molar-refractivity contribution is 7.11. The molecule has 1 aromatic rings. The van der Waals surface area contributed by atoms with Crippen LogP contribution in [0.3, 0.4) is 0 Å². The van der Waals surface area contributed by atoms with E-state index in [1.54, 1.807) is 11.3 Å². The van der Waals surface area contributed by atoms with Crippen molar-refractivity contribution >= 4 is 17.4 Å². The van der Waals surface area contributed by atoms with Crippen molar-refractivity contribution in [2.45, 2.75) is 64.1 Å². The topological polar surface area (TPSA) is 61.4 Å². The van der Waals surface area contributed by atoms with Crippen molar-refractivity contribution in [3.63, 3.8) is 0 Å². The molecule has 1 aliphatic carbocycles. The van der Waals surface area contributed by atoms with Crippen molar-refractivity contribution in [3.05, 3.63) is 21.9 Å². The van der Waals surface area contributed by atoms with E-state index < -0.39 is 6.10 Å². The van der Waals surface area contributed by atoms with E-state index in [0.717, 1.165) is 32.1 Å². The highest BCUT2D eigenvalue weighted by atomic mass is 32.1. The van der Waals surface area contributed by atoms with Crippen molar-refractivity contribution < 1.29 is 9.90 Å². The summed E-state index contributed by atoms with van der Waals surface area (Å²) in [5.74, 6) is 0. The zero-order valence-electron chi connectivity index (χ0n) is 12.2. The van der Waals surface area contributed by atoms with Gasteiger partial charge in [0.2, 0.25) is 0 Å². The Morgan fingerprint density at radius 3 is 2.85 bits per heavy atom. The summed E-state index contributed by atoms with van der Waals surface area (Å²) in [6.07, 6.45) is 4.23. The molecule has 0 bridgehead atoms. The first kappa shape index (κ1) is 15.3. The summed E-state index contributed by atoms with van der Waals surface area (Å²) >= 11 is 1.77. The Hall–Kier alpha value is -1.07. The summed E-state index contributed by atoms with van der Waals surface area (Å²) < 4.78 is 0. The maximum atomic E-state index is 11.9. The fourth-order valence-electron chi connectivity index (χ4n) is 2.66. The van der Waals surface area contributed by atoms with Gasteiger partial charge in [0, 0.05) is 22.2 Å². The second kappa shape index (κ2) is 7.09. The van der Waals surface area contributed by atoms with E-state index in [1.807, 2.05) is 6.92 Å². The number of nitrogens with one attached hydrogen (secondary N) is 2. The molecule has 3 atom stereocenters. The lowest BCUT2D eigenvalue weighted by atomic mass is 9.93. The van der Waals surface area contributed by atoms with E-state index in [1.165, 1.54) is 9.75 Å². The molecular formula is C15H24N2O2S. The van der Waals surface area contributed by atoms with Crippen LogP contribution in [-0.2, 0) is 6.42 Å². The zero-order chi connectivity index (χ0) is 14.5. The number of rotatable bonds is 4. The van der Waals surface area contributed by atoms with Crippen LogP contribution in [0.25, 0.3) is 0 Å². The lowest BCUT2D eigenvalue weighted by Gasteiger charge is -2.28. The van der Waals surface area contributed by atoms with E-state index in [9.17, 15) is 9.90 Å². The van der Waals surface area contributed by atoms with Gasteiger partial charge in [0.15, 0.2) is 0 Å². The number of carbonyl (C=O) groups is 1. The molecule has 0 spiro atoms. The number of hydrogen-bond acceptors (Lipinski definition) is 3. The van der Waals surface area contributed by atoms with Gasteiger partial charge in [0.25, 0.3) is 0 Å². The standard InChI is InChI=1S/C15H24N2O2S/c1-10(9-12-8-7-11(2)20-12)16-15(19)17-13-5-3-4-6-14(13)18/h7-8,10,13-14,18H,3-6,9H2,1-2H3,(H2,16,17,19). The molecular weight excluding hydrogens is 272 g/mol. The number of thiophene rings is 1. The average molecular weight is 296 g/mol. The molecule has 0 radical (unpaired) electrons. The van der Waals surface area contributed by atoms with E-state index in [2.05, 4.69) is 29.7 Å². The molecule has 2 rings (SSSR count). The quantitative estimate of drug-likeness (QED) is 0.800. The van der Waals surface area contributed by atoms with Crippen LogP contribution in [-0.4, -0.2) is 29.3 Å². The Labute approximate surface area is 124 Å². The Morgan fingerprint density at radius 2 is 2.20 bits per heavy atom. The van der Waals surface area contributed by atoms with Crippen molar-refractivity contribution in [1.82, 2.24) is 10.6 Å². The normalized spacial score (nSPS) is 24.1. The third kappa shape index (κ3) is 4.49. The second-order valence-corrected chi connectivity index (χ2v) is 7.07. The summed E-state index contributed by atoms with van der Waals surface area (Å²) in [6, 6.07) is 4.04. The van der Waals surface area contributed by atoms with Crippen molar-refractivity contribution in [3.8, 4) is 0 Å². The second-order valence-electron chi connectivity index (χ2n) is 5.69. The number of aliphatic hydroxyl groups excluding tert-OH is 1. The van der Waals surface area contributed by atoms with E-state index in [-0.39, 0.29) is 18.1 Å². The molecule has 5 heteroatoms. The highest BCUT2D eigenvalue weighted by Gasteiger charge is 2.24. The summed E-state index contributed by atoms with van der Waals surface area (Å²) in [5, 5.41) is 15.7. The molecule has 0 aromatic carbocycles. The van der Waals surface area contributed by atoms with Gasteiger partial charge in [0.1, 0.15) is 0 Å². The number of amides is 2. The van der Waals surface area contributed by atoms with Crippen LogP contribution < -0.4 is 10.6 Å². The zero-order valence-corrected chi connectivity index (χ0v) is 13.0. The van der Waals surface area contributed by atoms with Crippen molar-refractivity contribution in [1.29, 1.82) is 0 Å². The van der Waals surface area contributed by atoms with Crippen LogP contribution in [0, 0.1) is 6.92 Å². The Balaban J connectivity index is 1.75. The first-order valence-electron chi connectivity index (χ1n) is 7.35. The average Bonchev–Trinajstić information content (AvgIpc) is 2.77.